The Morgan fingerprint density at radius 1 is 1.43 bits per heavy atom. The van der Waals surface area contributed by atoms with Gasteiger partial charge in [0, 0.05) is 24.9 Å². The van der Waals surface area contributed by atoms with Crippen molar-refractivity contribution in [3.8, 4) is 0 Å². The molecule has 7 heteroatoms. The van der Waals surface area contributed by atoms with Crippen molar-refractivity contribution in [1.82, 2.24) is 9.78 Å². The Balaban J connectivity index is 2.16. The predicted octanol–water partition coefficient (Wildman–Crippen LogP) is 2.42. The smallest absolute Gasteiger partial charge is 0.337 e. The van der Waals surface area contributed by atoms with Gasteiger partial charge in [0.25, 0.3) is 0 Å². The number of aryl methyl sites for hydroxylation is 1. The zero-order chi connectivity index (χ0) is 15.4. The van der Waals surface area contributed by atoms with Gasteiger partial charge in [-0.25, -0.2) is 4.79 Å². The van der Waals surface area contributed by atoms with Crippen LogP contribution in [0.3, 0.4) is 0 Å². The number of carboxylic acids is 1. The minimum Gasteiger partial charge on any atom is -0.478 e. The number of benzene rings is 1. The first kappa shape index (κ1) is 14.8. The number of anilines is 1. The molecule has 0 atom stereocenters. The molecule has 0 bridgehead atoms. The van der Waals surface area contributed by atoms with E-state index in [-0.39, 0.29) is 16.3 Å². The minimum atomic E-state index is -1.16. The average molecular weight is 306 g/mol. The third kappa shape index (κ3) is 3.70. The quantitative estimate of drug-likeness (QED) is 0.850. The summed E-state index contributed by atoms with van der Waals surface area (Å²) in [7, 11) is 1.76. The normalized spacial score (nSPS) is 10.8. The molecule has 6 nitrogen and oxygen atoms in total. The van der Waals surface area contributed by atoms with Crippen LogP contribution in [-0.4, -0.2) is 26.8 Å². The molecule has 0 radical (unpaired) electrons. The fourth-order valence-corrected chi connectivity index (χ4v) is 1.91. The van der Waals surface area contributed by atoms with Crippen molar-refractivity contribution < 1.29 is 14.7 Å². The SMILES string of the molecule is Cn1cc(/C=C/C(=O)Nc2c(Cl)cccc2C(=O)O)cn1. The first-order valence-electron chi connectivity index (χ1n) is 5.97. The van der Waals surface area contributed by atoms with E-state index in [1.165, 1.54) is 24.3 Å². The monoisotopic (exact) mass is 305 g/mol. The highest BCUT2D eigenvalue weighted by atomic mass is 35.5. The van der Waals surface area contributed by atoms with Gasteiger partial charge in [0.1, 0.15) is 0 Å². The molecule has 1 amide bonds. The first-order chi connectivity index (χ1) is 9.97. The lowest BCUT2D eigenvalue weighted by atomic mass is 10.1. The number of rotatable bonds is 4. The van der Waals surface area contributed by atoms with Gasteiger partial charge in [-0.3, -0.25) is 9.48 Å². The van der Waals surface area contributed by atoms with Crippen LogP contribution in [0.5, 0.6) is 0 Å². The molecule has 0 unspecified atom stereocenters. The second kappa shape index (κ2) is 6.23. The number of aromatic carboxylic acids is 1. The number of para-hydroxylation sites is 1. The van der Waals surface area contributed by atoms with E-state index in [9.17, 15) is 9.59 Å². The Hall–Kier alpha value is -2.60. The average Bonchev–Trinajstić information content (AvgIpc) is 2.84. The van der Waals surface area contributed by atoms with Crippen LogP contribution in [0.1, 0.15) is 15.9 Å². The molecular weight excluding hydrogens is 294 g/mol. The summed E-state index contributed by atoms with van der Waals surface area (Å²) in [6, 6.07) is 4.38. The molecule has 0 saturated carbocycles. The van der Waals surface area contributed by atoms with Crippen molar-refractivity contribution in [2.75, 3.05) is 5.32 Å². The van der Waals surface area contributed by atoms with Gasteiger partial charge in [0.15, 0.2) is 0 Å². The van der Waals surface area contributed by atoms with Gasteiger partial charge in [0.2, 0.25) is 5.91 Å². The second-order valence-corrected chi connectivity index (χ2v) is 4.64. The summed E-state index contributed by atoms with van der Waals surface area (Å²) in [6.07, 6.45) is 6.19. The molecule has 108 valence electrons. The van der Waals surface area contributed by atoms with Gasteiger partial charge in [0.05, 0.1) is 22.5 Å². The number of nitrogens with zero attached hydrogens (tertiary/aromatic N) is 2. The van der Waals surface area contributed by atoms with Gasteiger partial charge < -0.3 is 10.4 Å². The van der Waals surface area contributed by atoms with Crippen LogP contribution in [0.15, 0.2) is 36.7 Å². The lowest BCUT2D eigenvalue weighted by Gasteiger charge is -2.08. The van der Waals surface area contributed by atoms with Crippen LogP contribution in [0, 0.1) is 0 Å². The van der Waals surface area contributed by atoms with Gasteiger partial charge in [-0.2, -0.15) is 5.10 Å². The van der Waals surface area contributed by atoms with E-state index >= 15 is 0 Å². The van der Waals surface area contributed by atoms with Crippen molar-refractivity contribution in [1.29, 1.82) is 0 Å². The van der Waals surface area contributed by atoms with Crippen molar-refractivity contribution in [3.63, 3.8) is 0 Å². The van der Waals surface area contributed by atoms with E-state index in [1.807, 2.05) is 0 Å². The number of aromatic nitrogens is 2. The highest BCUT2D eigenvalue weighted by Crippen LogP contribution is 2.26. The van der Waals surface area contributed by atoms with Crippen LogP contribution in [0.25, 0.3) is 6.08 Å². The minimum absolute atomic E-state index is 0.0642. The number of amides is 1. The molecule has 2 N–H and O–H groups in total. The number of carbonyl (C=O) groups is 2. The third-order valence-corrected chi connectivity index (χ3v) is 2.96. The summed E-state index contributed by atoms with van der Waals surface area (Å²) in [4.78, 5) is 22.9. The Morgan fingerprint density at radius 3 is 2.81 bits per heavy atom. The standard InChI is InChI=1S/C14H12ClN3O3/c1-18-8-9(7-16-18)5-6-12(19)17-13-10(14(20)21)3-2-4-11(13)15/h2-8H,1H3,(H,17,19)(H,20,21)/b6-5+. The fourth-order valence-electron chi connectivity index (χ4n) is 1.69. The van der Waals surface area contributed by atoms with E-state index in [4.69, 9.17) is 16.7 Å². The Kier molecular flexibility index (Phi) is 4.39. The number of hydrogen-bond donors (Lipinski definition) is 2. The van der Waals surface area contributed by atoms with Gasteiger partial charge >= 0.3 is 5.97 Å². The topological polar surface area (TPSA) is 84.2 Å². The summed E-state index contributed by atoms with van der Waals surface area (Å²) in [5, 5.41) is 15.7. The third-order valence-electron chi connectivity index (χ3n) is 2.64. The summed E-state index contributed by atoms with van der Waals surface area (Å²) in [5.41, 5.74) is 0.767. The lowest BCUT2D eigenvalue weighted by Crippen LogP contribution is -2.12. The summed E-state index contributed by atoms with van der Waals surface area (Å²) in [5.74, 6) is -1.64. The summed E-state index contributed by atoms with van der Waals surface area (Å²) >= 11 is 5.92. The highest BCUT2D eigenvalue weighted by Gasteiger charge is 2.14. The number of nitrogens with one attached hydrogen (secondary N) is 1. The molecule has 0 aliphatic rings. The van der Waals surface area contributed by atoms with Crippen molar-refractivity contribution >= 4 is 35.2 Å². The number of halogens is 1. The fraction of sp³-hybridized carbons (Fsp3) is 0.0714. The van der Waals surface area contributed by atoms with Crippen LogP contribution in [0.2, 0.25) is 5.02 Å². The molecule has 0 spiro atoms. The van der Waals surface area contributed by atoms with E-state index in [2.05, 4.69) is 10.4 Å². The van der Waals surface area contributed by atoms with Crippen molar-refractivity contribution in [3.05, 3.63) is 52.8 Å². The molecular formula is C14H12ClN3O3. The molecule has 1 heterocycles. The molecule has 1 aromatic heterocycles. The maximum atomic E-state index is 11.8. The summed E-state index contributed by atoms with van der Waals surface area (Å²) < 4.78 is 1.61. The largest absolute Gasteiger partial charge is 0.478 e. The predicted molar refractivity (Wildman–Crippen MR) is 79.3 cm³/mol. The zero-order valence-electron chi connectivity index (χ0n) is 11.1. The maximum Gasteiger partial charge on any atom is 0.337 e. The lowest BCUT2D eigenvalue weighted by molar-refractivity contribution is -0.111. The van der Waals surface area contributed by atoms with Crippen LogP contribution in [-0.2, 0) is 11.8 Å². The maximum absolute atomic E-state index is 11.8. The molecule has 1 aromatic carbocycles. The van der Waals surface area contributed by atoms with Crippen LogP contribution in [0.4, 0.5) is 5.69 Å². The van der Waals surface area contributed by atoms with Crippen molar-refractivity contribution in [2.45, 2.75) is 0 Å². The first-order valence-corrected chi connectivity index (χ1v) is 6.34. The van der Waals surface area contributed by atoms with Crippen molar-refractivity contribution in [2.24, 2.45) is 7.05 Å². The number of carbonyl (C=O) groups excluding carboxylic acids is 1. The zero-order valence-corrected chi connectivity index (χ0v) is 11.8. The second-order valence-electron chi connectivity index (χ2n) is 4.24. The Labute approximate surface area is 125 Å². The molecule has 0 aliphatic heterocycles. The van der Waals surface area contributed by atoms with Gasteiger partial charge in [-0.1, -0.05) is 17.7 Å². The molecule has 0 saturated heterocycles. The van der Waals surface area contributed by atoms with E-state index in [1.54, 1.807) is 30.2 Å². The van der Waals surface area contributed by atoms with Gasteiger partial charge in [-0.15, -0.1) is 0 Å². The Morgan fingerprint density at radius 2 is 2.19 bits per heavy atom. The number of carboxylic acid groups (broad SMARTS) is 1. The molecule has 0 fully saturated rings. The molecule has 2 aromatic rings. The highest BCUT2D eigenvalue weighted by molar-refractivity contribution is 6.34. The molecule has 2 rings (SSSR count). The van der Waals surface area contributed by atoms with Gasteiger partial charge in [-0.05, 0) is 18.2 Å². The molecule has 21 heavy (non-hydrogen) atoms. The van der Waals surface area contributed by atoms with E-state index in [0.29, 0.717) is 0 Å². The molecule has 0 aliphatic carbocycles. The van der Waals surface area contributed by atoms with Crippen LogP contribution < -0.4 is 5.32 Å². The Bertz CT molecular complexity index is 722. The van der Waals surface area contributed by atoms with E-state index < -0.39 is 11.9 Å². The number of hydrogen-bond acceptors (Lipinski definition) is 3. The summed E-state index contributed by atoms with van der Waals surface area (Å²) in [6.45, 7) is 0. The van der Waals surface area contributed by atoms with E-state index in [0.717, 1.165) is 5.56 Å². The van der Waals surface area contributed by atoms with Crippen LogP contribution >= 0.6 is 11.6 Å².